The molecule has 0 heterocycles. The highest BCUT2D eigenvalue weighted by Gasteiger charge is 2.16. The quantitative estimate of drug-likeness (QED) is 0.605. The van der Waals surface area contributed by atoms with Crippen LogP contribution in [-0.2, 0) is 0 Å². The van der Waals surface area contributed by atoms with Crippen LogP contribution in [-0.4, -0.2) is 19.3 Å². The molecule has 0 aliphatic rings. The maximum atomic E-state index is 9.23. The molecule has 1 N–H and O–H groups in total. The van der Waals surface area contributed by atoms with E-state index in [-0.39, 0.29) is 6.10 Å². The molecule has 0 amide bonds. The third kappa shape index (κ3) is 6.06. The van der Waals surface area contributed by atoms with Crippen molar-refractivity contribution in [3.63, 3.8) is 0 Å². The van der Waals surface area contributed by atoms with Crippen LogP contribution in [0.4, 0.5) is 0 Å². The van der Waals surface area contributed by atoms with Gasteiger partial charge in [-0.05, 0) is 12.5 Å². The molecule has 0 saturated heterocycles. The molecule has 1 atom stereocenters. The summed E-state index contributed by atoms with van der Waals surface area (Å²) in [5, 5.41) is 9.23. The molecule has 0 radical (unpaired) electrons. The predicted octanol–water partition coefficient (Wildman–Crippen LogP) is 2.10. The zero-order valence-corrected chi connectivity index (χ0v) is 7.94. The van der Waals surface area contributed by atoms with Crippen LogP contribution in [0.5, 0.6) is 0 Å². The van der Waals surface area contributed by atoms with Gasteiger partial charge in [0.05, 0.1) is 6.10 Å². The Labute approximate surface area is 59.1 Å². The van der Waals surface area contributed by atoms with E-state index in [1.807, 2.05) is 6.92 Å². The van der Waals surface area contributed by atoms with Crippen molar-refractivity contribution in [1.82, 2.24) is 0 Å². The molecule has 0 aromatic carbocycles. The summed E-state index contributed by atoms with van der Waals surface area (Å²) in [6.45, 7) is 8.88. The monoisotopic (exact) mass is 146 g/mol. The van der Waals surface area contributed by atoms with Crippen molar-refractivity contribution in [2.75, 3.05) is 0 Å². The van der Waals surface area contributed by atoms with Crippen LogP contribution in [0.1, 0.15) is 13.3 Å². The molecule has 9 heavy (non-hydrogen) atoms. The van der Waals surface area contributed by atoms with Gasteiger partial charge >= 0.3 is 0 Å². The van der Waals surface area contributed by atoms with E-state index in [4.69, 9.17) is 0 Å². The Morgan fingerprint density at radius 1 is 1.33 bits per heavy atom. The summed E-state index contributed by atoms with van der Waals surface area (Å²) in [4.78, 5) is 0. The minimum Gasteiger partial charge on any atom is -0.393 e. The molecule has 0 aliphatic carbocycles. The van der Waals surface area contributed by atoms with Crippen molar-refractivity contribution in [2.45, 2.75) is 45.1 Å². The molecular formula is C7H18OSi. The van der Waals surface area contributed by atoms with Crippen LogP contribution < -0.4 is 0 Å². The SMILES string of the molecule is CCC(O)C[Si](C)(C)C. The second-order valence-corrected chi connectivity index (χ2v) is 9.36. The Morgan fingerprint density at radius 2 is 1.78 bits per heavy atom. The van der Waals surface area contributed by atoms with Crippen LogP contribution in [0.3, 0.4) is 0 Å². The van der Waals surface area contributed by atoms with Gasteiger partial charge in [-0.1, -0.05) is 26.6 Å². The molecule has 0 aromatic rings. The van der Waals surface area contributed by atoms with E-state index in [9.17, 15) is 5.11 Å². The minimum absolute atomic E-state index is 0.0448. The summed E-state index contributed by atoms with van der Waals surface area (Å²) in [5.74, 6) is 0. The summed E-state index contributed by atoms with van der Waals surface area (Å²) in [6, 6.07) is 1.05. The van der Waals surface area contributed by atoms with Crippen LogP contribution in [0, 0.1) is 0 Å². The van der Waals surface area contributed by atoms with Gasteiger partial charge in [-0.2, -0.15) is 0 Å². The minimum atomic E-state index is -0.991. The molecular weight excluding hydrogens is 128 g/mol. The smallest absolute Gasteiger partial charge is 0.0514 e. The fourth-order valence-electron chi connectivity index (χ4n) is 0.851. The maximum absolute atomic E-state index is 9.23. The van der Waals surface area contributed by atoms with Crippen molar-refractivity contribution in [2.24, 2.45) is 0 Å². The highest BCUT2D eigenvalue weighted by Crippen LogP contribution is 2.12. The lowest BCUT2D eigenvalue weighted by molar-refractivity contribution is 0.189. The number of aliphatic hydroxyl groups is 1. The Bertz CT molecular complexity index is 75.5. The largest absolute Gasteiger partial charge is 0.393 e. The molecule has 0 spiro atoms. The topological polar surface area (TPSA) is 20.2 Å². The molecule has 0 aliphatic heterocycles. The average Bonchev–Trinajstić information content (AvgIpc) is 1.62. The van der Waals surface area contributed by atoms with Gasteiger partial charge < -0.3 is 5.11 Å². The Kier molecular flexibility index (Phi) is 3.44. The third-order valence-corrected chi connectivity index (χ3v) is 3.02. The predicted molar refractivity (Wildman–Crippen MR) is 44.5 cm³/mol. The second kappa shape index (κ2) is 3.37. The van der Waals surface area contributed by atoms with E-state index >= 15 is 0 Å². The average molecular weight is 146 g/mol. The summed E-state index contributed by atoms with van der Waals surface area (Å²) in [7, 11) is -0.991. The maximum Gasteiger partial charge on any atom is 0.0514 e. The number of hydrogen-bond donors (Lipinski definition) is 1. The summed E-state index contributed by atoms with van der Waals surface area (Å²) in [6.07, 6.45) is 0.862. The normalized spacial score (nSPS) is 15.7. The van der Waals surface area contributed by atoms with E-state index < -0.39 is 8.07 Å². The second-order valence-electron chi connectivity index (χ2n) is 3.83. The zero-order chi connectivity index (χ0) is 7.49. The van der Waals surface area contributed by atoms with Gasteiger partial charge in [0.15, 0.2) is 0 Å². The lowest BCUT2D eigenvalue weighted by atomic mass is 10.3. The van der Waals surface area contributed by atoms with E-state index in [0.29, 0.717) is 0 Å². The lowest BCUT2D eigenvalue weighted by Gasteiger charge is -2.18. The van der Waals surface area contributed by atoms with E-state index in [1.165, 1.54) is 0 Å². The fourth-order valence-corrected chi connectivity index (χ4v) is 2.55. The molecule has 0 rings (SSSR count). The van der Waals surface area contributed by atoms with Crippen molar-refractivity contribution in [3.8, 4) is 0 Å². The molecule has 2 heteroatoms. The van der Waals surface area contributed by atoms with Crippen molar-refractivity contribution < 1.29 is 5.11 Å². The van der Waals surface area contributed by atoms with Gasteiger partial charge in [-0.25, -0.2) is 0 Å². The highest BCUT2D eigenvalue weighted by atomic mass is 28.3. The fraction of sp³-hybridized carbons (Fsp3) is 1.00. The van der Waals surface area contributed by atoms with E-state index in [1.54, 1.807) is 0 Å². The van der Waals surface area contributed by atoms with E-state index in [0.717, 1.165) is 12.5 Å². The van der Waals surface area contributed by atoms with Crippen LogP contribution in [0.25, 0.3) is 0 Å². The standard InChI is InChI=1S/C7H18OSi/c1-5-7(8)6-9(2,3)4/h7-8H,5-6H2,1-4H3. The first-order chi connectivity index (χ1) is 3.95. The molecule has 56 valence electrons. The van der Waals surface area contributed by atoms with Gasteiger partial charge in [0, 0.05) is 8.07 Å². The Hall–Kier alpha value is 0.177. The molecule has 0 saturated carbocycles. The lowest BCUT2D eigenvalue weighted by Crippen LogP contribution is -2.26. The first-order valence-corrected chi connectivity index (χ1v) is 7.34. The van der Waals surface area contributed by atoms with Crippen molar-refractivity contribution in [3.05, 3.63) is 0 Å². The molecule has 1 nitrogen and oxygen atoms in total. The Morgan fingerprint density at radius 3 is 1.89 bits per heavy atom. The number of aliphatic hydroxyl groups excluding tert-OH is 1. The van der Waals surface area contributed by atoms with Crippen molar-refractivity contribution >= 4 is 8.07 Å². The van der Waals surface area contributed by atoms with Gasteiger partial charge in [-0.15, -0.1) is 0 Å². The summed E-state index contributed by atoms with van der Waals surface area (Å²) >= 11 is 0. The first kappa shape index (κ1) is 9.18. The van der Waals surface area contributed by atoms with Gasteiger partial charge in [-0.3, -0.25) is 0 Å². The van der Waals surface area contributed by atoms with Gasteiger partial charge in [0.2, 0.25) is 0 Å². The molecule has 0 fully saturated rings. The van der Waals surface area contributed by atoms with Crippen LogP contribution in [0.2, 0.25) is 25.7 Å². The number of rotatable bonds is 3. The first-order valence-electron chi connectivity index (χ1n) is 3.64. The van der Waals surface area contributed by atoms with Crippen LogP contribution >= 0.6 is 0 Å². The Balaban J connectivity index is 3.47. The van der Waals surface area contributed by atoms with Gasteiger partial charge in [0.25, 0.3) is 0 Å². The summed E-state index contributed by atoms with van der Waals surface area (Å²) < 4.78 is 0. The molecule has 1 unspecified atom stereocenters. The van der Waals surface area contributed by atoms with E-state index in [2.05, 4.69) is 19.6 Å². The summed E-state index contributed by atoms with van der Waals surface area (Å²) in [5.41, 5.74) is 0. The van der Waals surface area contributed by atoms with Gasteiger partial charge in [0.1, 0.15) is 0 Å². The van der Waals surface area contributed by atoms with Crippen LogP contribution in [0.15, 0.2) is 0 Å². The molecule has 0 bridgehead atoms. The zero-order valence-electron chi connectivity index (χ0n) is 6.94. The highest BCUT2D eigenvalue weighted by molar-refractivity contribution is 6.76. The third-order valence-electron chi connectivity index (χ3n) is 1.32. The number of hydrogen-bond acceptors (Lipinski definition) is 1. The molecule has 0 aromatic heterocycles. The van der Waals surface area contributed by atoms with Crippen molar-refractivity contribution in [1.29, 1.82) is 0 Å².